The molecule has 0 aliphatic heterocycles. The minimum Gasteiger partial charge on any atom is -0.310 e. The number of hydrogen-bond acceptors (Lipinski definition) is 2. The second-order valence-electron chi connectivity index (χ2n) is 6.20. The maximum absolute atomic E-state index is 6.26. The van der Waals surface area contributed by atoms with Crippen molar-refractivity contribution in [3.05, 3.63) is 41.0 Å². The zero-order valence-electron chi connectivity index (χ0n) is 12.8. The van der Waals surface area contributed by atoms with Gasteiger partial charge in [-0.05, 0) is 48.4 Å². The van der Waals surface area contributed by atoms with Gasteiger partial charge in [-0.25, -0.2) is 0 Å². The molecule has 1 fully saturated rings. The summed E-state index contributed by atoms with van der Waals surface area (Å²) in [6.45, 7) is 5.56. The van der Waals surface area contributed by atoms with Gasteiger partial charge in [-0.3, -0.25) is 4.98 Å². The van der Waals surface area contributed by atoms with E-state index in [-0.39, 0.29) is 0 Å². The lowest BCUT2D eigenvalue weighted by atomic mass is 9.93. The Morgan fingerprint density at radius 2 is 2.14 bits per heavy atom. The third kappa shape index (κ3) is 2.93. The second kappa shape index (κ2) is 6.33. The molecule has 0 spiro atoms. The first-order valence-corrected chi connectivity index (χ1v) is 8.34. The van der Waals surface area contributed by atoms with Crippen LogP contribution in [0.4, 0.5) is 0 Å². The van der Waals surface area contributed by atoms with Gasteiger partial charge in [0.05, 0.1) is 5.52 Å². The molecule has 3 rings (SSSR count). The Hall–Kier alpha value is -1.12. The molecular formula is C18H23ClN2. The van der Waals surface area contributed by atoms with Crippen LogP contribution in [0.5, 0.6) is 0 Å². The van der Waals surface area contributed by atoms with Crippen molar-refractivity contribution in [1.82, 2.24) is 10.3 Å². The summed E-state index contributed by atoms with van der Waals surface area (Å²) in [6, 6.07) is 8.69. The molecule has 0 saturated heterocycles. The van der Waals surface area contributed by atoms with Gasteiger partial charge in [-0.1, -0.05) is 37.9 Å². The number of aromatic nitrogens is 1. The molecule has 1 aromatic heterocycles. The van der Waals surface area contributed by atoms with E-state index < -0.39 is 0 Å². The molecular weight excluding hydrogens is 280 g/mol. The van der Waals surface area contributed by atoms with Crippen LogP contribution in [0.3, 0.4) is 0 Å². The van der Waals surface area contributed by atoms with E-state index in [2.05, 4.69) is 30.2 Å². The Bertz CT molecular complexity index is 626. The maximum Gasteiger partial charge on any atom is 0.0761 e. The Labute approximate surface area is 131 Å². The van der Waals surface area contributed by atoms with Gasteiger partial charge >= 0.3 is 0 Å². The minimum atomic E-state index is 0.629. The number of halogens is 1. The summed E-state index contributed by atoms with van der Waals surface area (Å²) < 4.78 is 0. The second-order valence-corrected chi connectivity index (χ2v) is 6.61. The Balaban J connectivity index is 1.76. The van der Waals surface area contributed by atoms with Crippen LogP contribution < -0.4 is 5.32 Å². The normalized spacial score (nSPS) is 25.6. The van der Waals surface area contributed by atoms with Crippen LogP contribution in [-0.2, 0) is 6.54 Å². The fourth-order valence-corrected chi connectivity index (χ4v) is 3.91. The summed E-state index contributed by atoms with van der Waals surface area (Å²) in [5.74, 6) is 1.64. The molecule has 21 heavy (non-hydrogen) atoms. The largest absolute Gasteiger partial charge is 0.310 e. The zero-order valence-corrected chi connectivity index (χ0v) is 13.5. The zero-order chi connectivity index (χ0) is 14.8. The van der Waals surface area contributed by atoms with Crippen molar-refractivity contribution < 1.29 is 0 Å². The maximum atomic E-state index is 6.26. The van der Waals surface area contributed by atoms with Crippen molar-refractivity contribution in [2.45, 2.75) is 45.7 Å². The van der Waals surface area contributed by atoms with E-state index in [4.69, 9.17) is 11.6 Å². The summed E-state index contributed by atoms with van der Waals surface area (Å²) in [4.78, 5) is 4.51. The molecule has 2 nitrogen and oxygen atoms in total. The molecule has 0 radical (unpaired) electrons. The van der Waals surface area contributed by atoms with E-state index >= 15 is 0 Å². The number of fused-ring (bicyclic) bond motifs is 1. The van der Waals surface area contributed by atoms with Gasteiger partial charge in [0, 0.05) is 29.2 Å². The van der Waals surface area contributed by atoms with Crippen molar-refractivity contribution in [3.63, 3.8) is 0 Å². The number of pyridine rings is 1. The molecule has 3 heteroatoms. The van der Waals surface area contributed by atoms with Crippen molar-refractivity contribution in [2.75, 3.05) is 0 Å². The molecule has 112 valence electrons. The van der Waals surface area contributed by atoms with Crippen LogP contribution in [0.2, 0.25) is 5.02 Å². The van der Waals surface area contributed by atoms with Crippen LogP contribution in [-0.4, -0.2) is 11.0 Å². The van der Waals surface area contributed by atoms with Gasteiger partial charge in [0.15, 0.2) is 0 Å². The fourth-order valence-electron chi connectivity index (χ4n) is 3.69. The summed E-state index contributed by atoms with van der Waals surface area (Å²) in [5, 5.41) is 5.57. The molecule has 3 unspecified atom stereocenters. The monoisotopic (exact) mass is 302 g/mol. The van der Waals surface area contributed by atoms with Gasteiger partial charge < -0.3 is 5.32 Å². The fraction of sp³-hybridized carbons (Fsp3) is 0.500. The van der Waals surface area contributed by atoms with Gasteiger partial charge in [0.1, 0.15) is 0 Å². The third-order valence-corrected chi connectivity index (χ3v) is 5.44. The predicted molar refractivity (Wildman–Crippen MR) is 89.6 cm³/mol. The quantitative estimate of drug-likeness (QED) is 0.877. The lowest BCUT2D eigenvalue weighted by Gasteiger charge is -2.21. The number of hydrogen-bond donors (Lipinski definition) is 1. The average Bonchev–Trinajstić information content (AvgIpc) is 2.87. The van der Waals surface area contributed by atoms with Crippen LogP contribution >= 0.6 is 11.6 Å². The number of benzene rings is 1. The first-order chi connectivity index (χ1) is 10.2. The van der Waals surface area contributed by atoms with Crippen molar-refractivity contribution in [3.8, 4) is 0 Å². The molecule has 2 aromatic rings. The highest BCUT2D eigenvalue weighted by atomic mass is 35.5. The Kier molecular flexibility index (Phi) is 4.46. The Morgan fingerprint density at radius 3 is 2.90 bits per heavy atom. The average molecular weight is 303 g/mol. The van der Waals surface area contributed by atoms with Crippen molar-refractivity contribution >= 4 is 22.5 Å². The molecule has 0 bridgehead atoms. The highest BCUT2D eigenvalue weighted by Gasteiger charge is 2.30. The van der Waals surface area contributed by atoms with E-state index in [1.807, 2.05) is 24.4 Å². The summed E-state index contributed by atoms with van der Waals surface area (Å²) in [5.41, 5.74) is 2.26. The van der Waals surface area contributed by atoms with E-state index in [9.17, 15) is 0 Å². The molecule has 1 aliphatic rings. The van der Waals surface area contributed by atoms with Crippen LogP contribution in [0.25, 0.3) is 10.9 Å². The first-order valence-electron chi connectivity index (χ1n) is 7.96. The van der Waals surface area contributed by atoms with Crippen molar-refractivity contribution in [2.24, 2.45) is 11.8 Å². The Morgan fingerprint density at radius 1 is 1.29 bits per heavy atom. The summed E-state index contributed by atoms with van der Waals surface area (Å²) in [6.07, 6.45) is 5.78. The minimum absolute atomic E-state index is 0.629. The lowest BCUT2D eigenvalue weighted by Crippen LogP contribution is -2.32. The summed E-state index contributed by atoms with van der Waals surface area (Å²) >= 11 is 6.26. The van der Waals surface area contributed by atoms with Gasteiger partial charge in [-0.15, -0.1) is 0 Å². The SMILES string of the molecule is CCC1CCC(NCc2ccc(Cl)c3cccnc23)C1C. The van der Waals surface area contributed by atoms with Crippen LogP contribution in [0.15, 0.2) is 30.5 Å². The van der Waals surface area contributed by atoms with E-state index in [0.717, 1.165) is 34.3 Å². The van der Waals surface area contributed by atoms with Gasteiger partial charge in [0.2, 0.25) is 0 Å². The van der Waals surface area contributed by atoms with E-state index in [1.54, 1.807) is 0 Å². The van der Waals surface area contributed by atoms with Crippen molar-refractivity contribution in [1.29, 1.82) is 0 Å². The van der Waals surface area contributed by atoms with Gasteiger partial charge in [-0.2, -0.15) is 0 Å². The number of nitrogens with one attached hydrogen (secondary N) is 1. The predicted octanol–water partition coefficient (Wildman–Crippen LogP) is 4.80. The van der Waals surface area contributed by atoms with Crippen LogP contribution in [0, 0.1) is 11.8 Å². The summed E-state index contributed by atoms with van der Waals surface area (Å²) in [7, 11) is 0. The topological polar surface area (TPSA) is 24.9 Å². The molecule has 1 N–H and O–H groups in total. The van der Waals surface area contributed by atoms with Gasteiger partial charge in [0.25, 0.3) is 0 Å². The van der Waals surface area contributed by atoms with Crippen LogP contribution in [0.1, 0.15) is 38.7 Å². The smallest absolute Gasteiger partial charge is 0.0761 e. The lowest BCUT2D eigenvalue weighted by molar-refractivity contribution is 0.344. The molecule has 1 heterocycles. The third-order valence-electron chi connectivity index (χ3n) is 5.11. The molecule has 0 amide bonds. The highest BCUT2D eigenvalue weighted by Crippen LogP contribution is 2.34. The first kappa shape index (κ1) is 14.8. The molecule has 3 atom stereocenters. The number of nitrogens with zero attached hydrogens (tertiary/aromatic N) is 1. The van der Waals surface area contributed by atoms with E-state index in [0.29, 0.717) is 6.04 Å². The highest BCUT2D eigenvalue weighted by molar-refractivity contribution is 6.35. The molecule has 1 saturated carbocycles. The number of rotatable bonds is 4. The molecule has 1 aliphatic carbocycles. The standard InChI is InChI=1S/C18H23ClN2/c1-3-13-7-9-17(12(13)2)21-11-14-6-8-16(19)15-5-4-10-20-18(14)15/h4-6,8,10,12-13,17,21H,3,7,9,11H2,1-2H3. The molecule has 1 aromatic carbocycles. The van der Waals surface area contributed by atoms with E-state index in [1.165, 1.54) is 24.8 Å².